The molecule has 0 rings (SSSR count). The molecule has 17 heavy (non-hydrogen) atoms. The number of carboxylic acid groups (broad SMARTS) is 1. The van der Waals surface area contributed by atoms with E-state index >= 15 is 0 Å². The number of carboxylic acids is 1. The van der Waals surface area contributed by atoms with Gasteiger partial charge < -0.3 is 9.90 Å². The topological polar surface area (TPSA) is 54.4 Å². The van der Waals surface area contributed by atoms with Crippen LogP contribution in [-0.4, -0.2) is 16.9 Å². The second-order valence-electron chi connectivity index (χ2n) is 6.89. The third-order valence-electron chi connectivity index (χ3n) is 1.87. The Balaban J connectivity index is 0. The average molecular weight is 244 g/mol. The number of aliphatic carboxylic acids is 1. The molecule has 3 nitrogen and oxygen atoms in total. The first-order valence-corrected chi connectivity index (χ1v) is 6.05. The van der Waals surface area contributed by atoms with Crippen LogP contribution in [0.3, 0.4) is 0 Å². The summed E-state index contributed by atoms with van der Waals surface area (Å²) < 4.78 is 0. The Bertz CT molecular complexity index is 241. The predicted octanol–water partition coefficient (Wildman–Crippen LogP) is 3.91. The molecule has 3 heteroatoms. The lowest BCUT2D eigenvalue weighted by Gasteiger charge is -2.15. The van der Waals surface area contributed by atoms with Crippen LogP contribution in [0.25, 0.3) is 0 Å². The molecule has 0 fully saturated rings. The molecule has 0 aromatic heterocycles. The van der Waals surface area contributed by atoms with E-state index in [1.165, 1.54) is 0 Å². The van der Waals surface area contributed by atoms with Crippen molar-refractivity contribution in [3.8, 4) is 0 Å². The van der Waals surface area contributed by atoms with Crippen molar-refractivity contribution < 1.29 is 14.7 Å². The quantitative estimate of drug-likeness (QED) is 0.819. The molecule has 0 unspecified atom stereocenters. The van der Waals surface area contributed by atoms with Gasteiger partial charge in [-0.25, -0.2) is 0 Å². The zero-order valence-corrected chi connectivity index (χ0v) is 12.4. The van der Waals surface area contributed by atoms with E-state index in [9.17, 15) is 9.59 Å². The summed E-state index contributed by atoms with van der Waals surface area (Å²) in [5, 5.41) is 8.28. The van der Waals surface area contributed by atoms with E-state index in [1.807, 2.05) is 20.8 Å². The van der Waals surface area contributed by atoms with Crippen LogP contribution in [0.1, 0.15) is 67.7 Å². The van der Waals surface area contributed by atoms with Gasteiger partial charge in [0.15, 0.2) is 0 Å². The normalized spacial score (nSPS) is 11.5. The van der Waals surface area contributed by atoms with Crippen molar-refractivity contribution >= 4 is 11.8 Å². The molecule has 0 heterocycles. The second-order valence-corrected chi connectivity index (χ2v) is 6.89. The molecule has 1 N–H and O–H groups in total. The van der Waals surface area contributed by atoms with E-state index in [-0.39, 0.29) is 23.0 Å². The lowest BCUT2D eigenvalue weighted by atomic mass is 9.91. The molecule has 0 saturated carbocycles. The van der Waals surface area contributed by atoms with Crippen LogP contribution in [-0.2, 0) is 9.59 Å². The Morgan fingerprint density at radius 3 is 1.41 bits per heavy atom. The van der Waals surface area contributed by atoms with Crippen LogP contribution < -0.4 is 0 Å². The smallest absolute Gasteiger partial charge is 0.303 e. The maximum Gasteiger partial charge on any atom is 0.303 e. The minimum atomic E-state index is -0.704. The molecule has 0 saturated heterocycles. The van der Waals surface area contributed by atoms with Gasteiger partial charge in [0, 0.05) is 12.8 Å². The molecule has 0 radical (unpaired) electrons. The van der Waals surface area contributed by atoms with Crippen molar-refractivity contribution in [1.82, 2.24) is 0 Å². The number of ketones is 1. The molecule has 102 valence electrons. The van der Waals surface area contributed by atoms with Gasteiger partial charge in [-0.2, -0.15) is 0 Å². The zero-order chi connectivity index (χ0) is 14.3. The fourth-order valence-corrected chi connectivity index (χ4v) is 1.23. The second kappa shape index (κ2) is 7.46. The number of carbonyl (C=O) groups excluding carboxylic acids is 1. The van der Waals surface area contributed by atoms with Gasteiger partial charge in [-0.1, -0.05) is 41.5 Å². The molecular weight excluding hydrogens is 216 g/mol. The van der Waals surface area contributed by atoms with E-state index in [4.69, 9.17) is 5.11 Å². The van der Waals surface area contributed by atoms with Gasteiger partial charge in [-0.3, -0.25) is 4.79 Å². The Morgan fingerprint density at radius 2 is 1.35 bits per heavy atom. The first-order valence-electron chi connectivity index (χ1n) is 6.05. The van der Waals surface area contributed by atoms with Crippen LogP contribution in [0.5, 0.6) is 0 Å². The van der Waals surface area contributed by atoms with Crippen molar-refractivity contribution in [2.45, 2.75) is 67.7 Å². The van der Waals surface area contributed by atoms with Gasteiger partial charge in [0.1, 0.15) is 5.78 Å². The van der Waals surface area contributed by atoms with Gasteiger partial charge in [0.2, 0.25) is 0 Å². The van der Waals surface area contributed by atoms with Gasteiger partial charge >= 0.3 is 5.97 Å². The van der Waals surface area contributed by atoms with E-state index in [2.05, 4.69) is 20.8 Å². The first-order chi connectivity index (χ1) is 7.33. The van der Waals surface area contributed by atoms with Crippen LogP contribution in [0.15, 0.2) is 0 Å². The van der Waals surface area contributed by atoms with Gasteiger partial charge in [0.05, 0.1) is 0 Å². The lowest BCUT2D eigenvalue weighted by molar-refractivity contribution is -0.137. The fourth-order valence-electron chi connectivity index (χ4n) is 1.23. The highest BCUT2D eigenvalue weighted by molar-refractivity contribution is 5.76. The van der Waals surface area contributed by atoms with Crippen LogP contribution in [0, 0.1) is 10.8 Å². The summed E-state index contributed by atoms with van der Waals surface area (Å²) >= 11 is 0. The van der Waals surface area contributed by atoms with Gasteiger partial charge in [-0.05, 0) is 24.2 Å². The van der Waals surface area contributed by atoms with Crippen LogP contribution in [0.4, 0.5) is 0 Å². The van der Waals surface area contributed by atoms with Crippen molar-refractivity contribution in [2.75, 3.05) is 0 Å². The summed E-state index contributed by atoms with van der Waals surface area (Å²) in [4.78, 5) is 20.5. The van der Waals surface area contributed by atoms with Crippen molar-refractivity contribution in [3.05, 3.63) is 0 Å². The minimum Gasteiger partial charge on any atom is -0.481 e. The molecule has 0 aromatic rings. The molecule has 0 atom stereocenters. The summed E-state index contributed by atoms with van der Waals surface area (Å²) in [5.41, 5.74) is 0.324. The SMILES string of the molecule is CC(=O)CC(C)(C)C.CC(C)(C)CCC(=O)O. The Morgan fingerprint density at radius 1 is 0.941 bits per heavy atom. The van der Waals surface area contributed by atoms with Crippen molar-refractivity contribution in [1.29, 1.82) is 0 Å². The Labute approximate surface area is 106 Å². The third kappa shape index (κ3) is 25.4. The molecule has 0 aliphatic rings. The molecule has 0 aromatic carbocycles. The Hall–Kier alpha value is -0.860. The first kappa shape index (κ1) is 18.5. The predicted molar refractivity (Wildman–Crippen MR) is 71.1 cm³/mol. The number of hydrogen-bond acceptors (Lipinski definition) is 2. The summed E-state index contributed by atoms with van der Waals surface area (Å²) in [6, 6.07) is 0. The standard InChI is InChI=1S/C7H14O2.C7H14O/c1-7(2,3)5-4-6(8)9;1-6(8)5-7(2,3)4/h4-5H2,1-3H3,(H,8,9);5H2,1-4H3. The van der Waals surface area contributed by atoms with Gasteiger partial charge in [-0.15, -0.1) is 0 Å². The average Bonchev–Trinajstić information content (AvgIpc) is 1.95. The lowest BCUT2D eigenvalue weighted by Crippen LogP contribution is -2.09. The van der Waals surface area contributed by atoms with Gasteiger partial charge in [0.25, 0.3) is 0 Å². The maximum atomic E-state index is 10.5. The summed E-state index contributed by atoms with van der Waals surface area (Å²) in [6.45, 7) is 13.9. The van der Waals surface area contributed by atoms with E-state index in [1.54, 1.807) is 6.92 Å². The number of Topliss-reactive ketones (excluding diaryl/α,β-unsaturated/α-hetero) is 1. The largest absolute Gasteiger partial charge is 0.481 e. The molecular formula is C14H28O3. The minimum absolute atomic E-state index is 0.151. The van der Waals surface area contributed by atoms with Crippen molar-refractivity contribution in [3.63, 3.8) is 0 Å². The molecule has 0 aliphatic carbocycles. The number of rotatable bonds is 3. The molecule has 0 spiro atoms. The number of hydrogen-bond donors (Lipinski definition) is 1. The van der Waals surface area contributed by atoms with E-state index in [0.717, 1.165) is 6.42 Å². The molecule has 0 amide bonds. The summed E-state index contributed by atoms with van der Waals surface area (Å²) in [6.07, 6.45) is 1.72. The fraction of sp³-hybridized carbons (Fsp3) is 0.857. The summed E-state index contributed by atoms with van der Waals surface area (Å²) in [5.74, 6) is -0.428. The monoisotopic (exact) mass is 244 g/mol. The number of carbonyl (C=O) groups is 2. The van der Waals surface area contributed by atoms with Crippen LogP contribution in [0.2, 0.25) is 0 Å². The van der Waals surface area contributed by atoms with E-state index < -0.39 is 5.97 Å². The molecule has 0 bridgehead atoms. The van der Waals surface area contributed by atoms with Crippen molar-refractivity contribution in [2.24, 2.45) is 10.8 Å². The third-order valence-corrected chi connectivity index (χ3v) is 1.87. The van der Waals surface area contributed by atoms with E-state index in [0.29, 0.717) is 6.42 Å². The van der Waals surface area contributed by atoms with Crippen LogP contribution >= 0.6 is 0 Å². The Kier molecular flexibility index (Phi) is 8.12. The highest BCUT2D eigenvalue weighted by Crippen LogP contribution is 2.20. The summed E-state index contributed by atoms with van der Waals surface area (Å²) in [7, 11) is 0. The highest BCUT2D eigenvalue weighted by atomic mass is 16.4. The molecule has 0 aliphatic heterocycles. The highest BCUT2D eigenvalue weighted by Gasteiger charge is 2.12. The maximum absolute atomic E-state index is 10.5. The zero-order valence-electron chi connectivity index (χ0n) is 12.4.